The van der Waals surface area contributed by atoms with E-state index in [-0.39, 0.29) is 5.69 Å². The van der Waals surface area contributed by atoms with Gasteiger partial charge >= 0.3 is 0 Å². The molecular formula is C5H8N4O. The van der Waals surface area contributed by atoms with Crippen LogP contribution in [0.2, 0.25) is 0 Å². The highest BCUT2D eigenvalue weighted by Gasteiger charge is 2.09. The van der Waals surface area contributed by atoms with Gasteiger partial charge in [-0.2, -0.15) is 0 Å². The van der Waals surface area contributed by atoms with Crippen LogP contribution >= 0.6 is 0 Å². The summed E-state index contributed by atoms with van der Waals surface area (Å²) in [5.74, 6) is -0.536. The summed E-state index contributed by atoms with van der Waals surface area (Å²) in [6, 6.07) is 0. The zero-order valence-electron chi connectivity index (χ0n) is 5.83. The molecule has 0 radical (unpaired) electrons. The average molecular weight is 140 g/mol. The molecule has 1 heterocycles. The van der Waals surface area contributed by atoms with Crippen molar-refractivity contribution in [2.24, 2.45) is 12.8 Å². The predicted molar refractivity (Wildman–Crippen MR) is 34.3 cm³/mol. The average Bonchev–Trinajstić information content (AvgIpc) is 2.14. The van der Waals surface area contributed by atoms with Gasteiger partial charge in [0.05, 0.1) is 5.69 Å². The zero-order valence-corrected chi connectivity index (χ0v) is 5.83. The number of nitrogens with two attached hydrogens (primary N) is 1. The highest BCUT2D eigenvalue weighted by Crippen LogP contribution is 1.98. The van der Waals surface area contributed by atoms with Crippen molar-refractivity contribution >= 4 is 5.91 Å². The second-order valence-electron chi connectivity index (χ2n) is 2.01. The Morgan fingerprint density at radius 2 is 2.30 bits per heavy atom. The molecular weight excluding hydrogens is 132 g/mol. The molecule has 10 heavy (non-hydrogen) atoms. The second kappa shape index (κ2) is 2.09. The van der Waals surface area contributed by atoms with Crippen molar-refractivity contribution in [1.82, 2.24) is 15.0 Å². The van der Waals surface area contributed by atoms with Crippen molar-refractivity contribution in [2.45, 2.75) is 6.92 Å². The van der Waals surface area contributed by atoms with E-state index in [1.165, 1.54) is 4.68 Å². The molecule has 2 N–H and O–H groups in total. The molecule has 0 saturated heterocycles. The SMILES string of the molecule is Cc1c(C(N)=O)nnn1C. The van der Waals surface area contributed by atoms with E-state index in [9.17, 15) is 4.79 Å². The number of aromatic nitrogens is 3. The normalized spacial score (nSPS) is 9.80. The number of amides is 1. The Kier molecular flexibility index (Phi) is 1.41. The van der Waals surface area contributed by atoms with Crippen LogP contribution < -0.4 is 5.73 Å². The van der Waals surface area contributed by atoms with Crippen molar-refractivity contribution in [3.63, 3.8) is 0 Å². The van der Waals surface area contributed by atoms with Crippen LogP contribution in [0, 0.1) is 6.92 Å². The van der Waals surface area contributed by atoms with Gasteiger partial charge in [0, 0.05) is 7.05 Å². The third kappa shape index (κ3) is 0.854. The number of hydrogen-bond donors (Lipinski definition) is 1. The van der Waals surface area contributed by atoms with Gasteiger partial charge < -0.3 is 5.73 Å². The first-order chi connectivity index (χ1) is 4.63. The van der Waals surface area contributed by atoms with E-state index in [1.807, 2.05) is 0 Å². The summed E-state index contributed by atoms with van der Waals surface area (Å²) in [6.45, 7) is 1.74. The molecule has 0 aromatic carbocycles. The minimum atomic E-state index is -0.536. The molecule has 0 aliphatic rings. The molecule has 0 fully saturated rings. The summed E-state index contributed by atoms with van der Waals surface area (Å²) in [6.07, 6.45) is 0. The van der Waals surface area contributed by atoms with E-state index in [4.69, 9.17) is 5.73 Å². The second-order valence-corrected chi connectivity index (χ2v) is 2.01. The minimum absolute atomic E-state index is 0.238. The Morgan fingerprint density at radius 3 is 2.50 bits per heavy atom. The first-order valence-corrected chi connectivity index (χ1v) is 2.79. The third-order valence-electron chi connectivity index (χ3n) is 1.34. The van der Waals surface area contributed by atoms with Crippen LogP contribution in [0.5, 0.6) is 0 Å². The molecule has 0 atom stereocenters. The third-order valence-corrected chi connectivity index (χ3v) is 1.34. The number of aryl methyl sites for hydroxylation is 1. The van der Waals surface area contributed by atoms with Crippen molar-refractivity contribution in [2.75, 3.05) is 0 Å². The standard InChI is InChI=1S/C5H8N4O/c1-3-4(5(6)10)7-8-9(3)2/h1-2H3,(H2,6,10). The van der Waals surface area contributed by atoms with E-state index in [0.29, 0.717) is 5.69 Å². The quantitative estimate of drug-likeness (QED) is 0.556. The minimum Gasteiger partial charge on any atom is -0.364 e. The van der Waals surface area contributed by atoms with E-state index in [0.717, 1.165) is 0 Å². The van der Waals surface area contributed by atoms with Crippen LogP contribution in [-0.2, 0) is 7.05 Å². The summed E-state index contributed by atoms with van der Waals surface area (Å²) in [4.78, 5) is 10.5. The highest BCUT2D eigenvalue weighted by atomic mass is 16.1. The fourth-order valence-electron chi connectivity index (χ4n) is 0.632. The van der Waals surface area contributed by atoms with Crippen molar-refractivity contribution in [3.05, 3.63) is 11.4 Å². The van der Waals surface area contributed by atoms with Gasteiger partial charge in [-0.05, 0) is 6.92 Å². The van der Waals surface area contributed by atoms with Gasteiger partial charge in [-0.3, -0.25) is 9.48 Å². The van der Waals surface area contributed by atoms with Crippen LogP contribution in [0.25, 0.3) is 0 Å². The van der Waals surface area contributed by atoms with Gasteiger partial charge in [0.2, 0.25) is 0 Å². The van der Waals surface area contributed by atoms with Crippen LogP contribution in [0.15, 0.2) is 0 Å². The Hall–Kier alpha value is -1.39. The molecule has 0 bridgehead atoms. The molecule has 1 aromatic rings. The Bertz CT molecular complexity index is 265. The molecule has 1 aromatic heterocycles. The van der Waals surface area contributed by atoms with E-state index in [1.54, 1.807) is 14.0 Å². The highest BCUT2D eigenvalue weighted by molar-refractivity contribution is 5.91. The van der Waals surface area contributed by atoms with Crippen molar-refractivity contribution in [3.8, 4) is 0 Å². The monoisotopic (exact) mass is 140 g/mol. The summed E-state index contributed by atoms with van der Waals surface area (Å²) in [5, 5.41) is 7.16. The Morgan fingerprint density at radius 1 is 1.70 bits per heavy atom. The van der Waals surface area contributed by atoms with E-state index < -0.39 is 5.91 Å². The molecule has 0 unspecified atom stereocenters. The number of primary amides is 1. The fraction of sp³-hybridized carbons (Fsp3) is 0.400. The van der Waals surface area contributed by atoms with Crippen LogP contribution in [0.3, 0.4) is 0 Å². The Balaban J connectivity index is 3.17. The van der Waals surface area contributed by atoms with E-state index in [2.05, 4.69) is 10.3 Å². The molecule has 5 nitrogen and oxygen atoms in total. The molecule has 5 heteroatoms. The Labute approximate surface area is 57.8 Å². The molecule has 0 spiro atoms. The number of hydrogen-bond acceptors (Lipinski definition) is 3. The number of rotatable bonds is 1. The van der Waals surface area contributed by atoms with Gasteiger partial charge in [-0.1, -0.05) is 5.21 Å². The van der Waals surface area contributed by atoms with Gasteiger partial charge in [-0.15, -0.1) is 5.10 Å². The lowest BCUT2D eigenvalue weighted by molar-refractivity contribution is 0.0995. The van der Waals surface area contributed by atoms with Gasteiger partial charge in [0.1, 0.15) is 0 Å². The molecule has 1 amide bonds. The summed E-state index contributed by atoms with van der Waals surface area (Å²) < 4.78 is 1.50. The molecule has 0 saturated carbocycles. The molecule has 54 valence electrons. The lowest BCUT2D eigenvalue weighted by atomic mass is 10.3. The van der Waals surface area contributed by atoms with Gasteiger partial charge in [-0.25, -0.2) is 0 Å². The topological polar surface area (TPSA) is 73.8 Å². The molecule has 0 aliphatic carbocycles. The summed E-state index contributed by atoms with van der Waals surface area (Å²) >= 11 is 0. The summed E-state index contributed by atoms with van der Waals surface area (Å²) in [7, 11) is 1.70. The lowest BCUT2D eigenvalue weighted by Gasteiger charge is -1.90. The maximum Gasteiger partial charge on any atom is 0.271 e. The molecule has 1 rings (SSSR count). The first-order valence-electron chi connectivity index (χ1n) is 2.79. The maximum absolute atomic E-state index is 10.5. The van der Waals surface area contributed by atoms with Crippen LogP contribution in [-0.4, -0.2) is 20.9 Å². The first kappa shape index (κ1) is 6.73. The zero-order chi connectivity index (χ0) is 7.72. The van der Waals surface area contributed by atoms with Gasteiger partial charge in [0.15, 0.2) is 5.69 Å². The smallest absolute Gasteiger partial charge is 0.271 e. The van der Waals surface area contributed by atoms with Crippen molar-refractivity contribution < 1.29 is 4.79 Å². The number of carbonyl (C=O) groups excluding carboxylic acids is 1. The molecule has 0 aliphatic heterocycles. The number of nitrogens with zero attached hydrogens (tertiary/aromatic N) is 3. The van der Waals surface area contributed by atoms with Crippen LogP contribution in [0.4, 0.5) is 0 Å². The largest absolute Gasteiger partial charge is 0.364 e. The predicted octanol–water partition coefficient (Wildman–Crippen LogP) is -0.778. The summed E-state index contributed by atoms with van der Waals surface area (Å²) in [5.41, 5.74) is 5.90. The fourth-order valence-corrected chi connectivity index (χ4v) is 0.632. The van der Waals surface area contributed by atoms with Crippen molar-refractivity contribution in [1.29, 1.82) is 0 Å². The van der Waals surface area contributed by atoms with Gasteiger partial charge in [0.25, 0.3) is 5.91 Å². The lowest BCUT2D eigenvalue weighted by Crippen LogP contribution is -2.13. The van der Waals surface area contributed by atoms with E-state index >= 15 is 0 Å². The van der Waals surface area contributed by atoms with Crippen LogP contribution in [0.1, 0.15) is 16.2 Å². The maximum atomic E-state index is 10.5. The number of carbonyl (C=O) groups is 1.